The molecule has 1 heterocycles. The van der Waals surface area contributed by atoms with E-state index in [1.165, 1.54) is 12.1 Å². The Morgan fingerprint density at radius 2 is 1.68 bits per heavy atom. The van der Waals surface area contributed by atoms with E-state index in [4.69, 9.17) is 9.84 Å². The lowest BCUT2D eigenvalue weighted by Crippen LogP contribution is -2.19. The minimum Gasteiger partial charge on any atom is -0.497 e. The van der Waals surface area contributed by atoms with E-state index in [1.54, 1.807) is 36.7 Å². The number of ether oxygens (including phenoxy) is 1. The molecule has 5 nitrogen and oxygen atoms in total. The van der Waals surface area contributed by atoms with E-state index in [0.717, 1.165) is 37.8 Å². The number of carboxylic acids is 1. The van der Waals surface area contributed by atoms with Crippen LogP contribution in [0.3, 0.4) is 0 Å². The molecule has 0 unspecified atom stereocenters. The molecule has 34 heavy (non-hydrogen) atoms. The van der Waals surface area contributed by atoms with E-state index in [9.17, 15) is 19.4 Å². The van der Waals surface area contributed by atoms with E-state index in [-0.39, 0.29) is 18.2 Å². The zero-order chi connectivity index (χ0) is 24.8. The maximum atomic E-state index is 13.7. The first kappa shape index (κ1) is 25.6. The Kier molecular flexibility index (Phi) is 8.61. The van der Waals surface area contributed by atoms with E-state index < -0.39 is 24.6 Å². The number of hydrogen-bond acceptors (Lipinski definition) is 5. The van der Waals surface area contributed by atoms with Gasteiger partial charge in [0, 0.05) is 21.7 Å². The van der Waals surface area contributed by atoms with Crippen molar-refractivity contribution in [1.29, 1.82) is 0 Å². The summed E-state index contributed by atoms with van der Waals surface area (Å²) in [7, 11) is 1.61. The van der Waals surface area contributed by atoms with Crippen LogP contribution in [0.4, 0.5) is 4.39 Å². The zero-order valence-electron chi connectivity index (χ0n) is 19.4. The highest BCUT2D eigenvalue weighted by atomic mass is 32.1. The van der Waals surface area contributed by atoms with Crippen LogP contribution in [-0.2, 0) is 4.79 Å². The van der Waals surface area contributed by atoms with Gasteiger partial charge in [-0.1, -0.05) is 38.1 Å². The maximum Gasteiger partial charge on any atom is 0.305 e. The number of halogens is 1. The molecule has 3 N–H and O–H groups in total. The molecule has 0 saturated heterocycles. The molecule has 3 aromatic rings. The van der Waals surface area contributed by atoms with Crippen molar-refractivity contribution in [3.05, 3.63) is 70.9 Å². The number of thiophene rings is 1. The third-order valence-electron chi connectivity index (χ3n) is 5.39. The van der Waals surface area contributed by atoms with Crippen molar-refractivity contribution < 1.29 is 29.2 Å². The van der Waals surface area contributed by atoms with E-state index >= 15 is 0 Å². The number of aliphatic hydroxyl groups is 2. The molecule has 180 valence electrons. The van der Waals surface area contributed by atoms with Gasteiger partial charge in [-0.3, -0.25) is 4.79 Å². The molecule has 7 heteroatoms. The molecule has 2 aromatic carbocycles. The van der Waals surface area contributed by atoms with Crippen LogP contribution in [0, 0.1) is 5.82 Å². The largest absolute Gasteiger partial charge is 0.497 e. The van der Waals surface area contributed by atoms with Gasteiger partial charge < -0.3 is 20.1 Å². The third kappa shape index (κ3) is 6.32. The lowest BCUT2D eigenvalue weighted by molar-refractivity contribution is -0.139. The molecule has 2 atom stereocenters. The highest BCUT2D eigenvalue weighted by Crippen LogP contribution is 2.46. The van der Waals surface area contributed by atoms with Gasteiger partial charge in [0.05, 0.1) is 25.7 Å². The molecule has 0 fully saturated rings. The number of hydrogen-bond donors (Lipinski definition) is 3. The molecule has 0 aliphatic heterocycles. The lowest BCUT2D eigenvalue weighted by atomic mass is 9.94. The van der Waals surface area contributed by atoms with Crippen molar-refractivity contribution in [3.63, 3.8) is 0 Å². The van der Waals surface area contributed by atoms with Crippen molar-refractivity contribution in [2.45, 2.75) is 44.8 Å². The van der Waals surface area contributed by atoms with Crippen LogP contribution in [0.5, 0.6) is 5.75 Å². The van der Waals surface area contributed by atoms with Crippen LogP contribution >= 0.6 is 11.3 Å². The van der Waals surface area contributed by atoms with Crippen LogP contribution in [0.25, 0.3) is 27.6 Å². The fraction of sp³-hybridized carbons (Fsp3) is 0.296. The average Bonchev–Trinajstić information content (AvgIpc) is 3.17. The van der Waals surface area contributed by atoms with Crippen molar-refractivity contribution in [2.75, 3.05) is 7.11 Å². The second-order valence-corrected chi connectivity index (χ2v) is 9.44. The fourth-order valence-corrected chi connectivity index (χ4v) is 5.07. The quantitative estimate of drug-likeness (QED) is 0.331. The van der Waals surface area contributed by atoms with Gasteiger partial charge in [-0.15, -0.1) is 11.3 Å². The second kappa shape index (κ2) is 11.4. The summed E-state index contributed by atoms with van der Waals surface area (Å²) < 4.78 is 19.0. The number of rotatable bonds is 10. The van der Waals surface area contributed by atoms with E-state index in [2.05, 4.69) is 13.8 Å². The Morgan fingerprint density at radius 3 is 2.24 bits per heavy atom. The van der Waals surface area contributed by atoms with Gasteiger partial charge in [-0.2, -0.15) is 0 Å². The Morgan fingerprint density at radius 1 is 1.06 bits per heavy atom. The summed E-state index contributed by atoms with van der Waals surface area (Å²) in [5, 5.41) is 29.1. The number of methoxy groups -OCH3 is 1. The molecule has 0 aliphatic carbocycles. The minimum atomic E-state index is -1.14. The zero-order valence-corrected chi connectivity index (χ0v) is 20.2. The summed E-state index contributed by atoms with van der Waals surface area (Å²) in [6.45, 7) is 4.17. The molecule has 0 radical (unpaired) electrons. The van der Waals surface area contributed by atoms with Crippen molar-refractivity contribution in [2.24, 2.45) is 0 Å². The van der Waals surface area contributed by atoms with Gasteiger partial charge >= 0.3 is 5.97 Å². The minimum absolute atomic E-state index is 0.0822. The van der Waals surface area contributed by atoms with Gasteiger partial charge in [0.25, 0.3) is 0 Å². The Balaban J connectivity index is 2.10. The van der Waals surface area contributed by atoms with Gasteiger partial charge in [-0.05, 0) is 59.0 Å². The molecular formula is C27H29FO5S. The average molecular weight is 485 g/mol. The predicted octanol–water partition coefficient (Wildman–Crippen LogP) is 5.95. The topological polar surface area (TPSA) is 87.0 Å². The number of aliphatic hydroxyl groups excluding tert-OH is 2. The van der Waals surface area contributed by atoms with E-state index in [1.807, 2.05) is 30.3 Å². The van der Waals surface area contributed by atoms with Gasteiger partial charge in [-0.25, -0.2) is 4.39 Å². The first-order chi connectivity index (χ1) is 16.2. The number of aliphatic carboxylic acids is 1. The smallest absolute Gasteiger partial charge is 0.305 e. The van der Waals surface area contributed by atoms with Crippen LogP contribution in [0.1, 0.15) is 43.0 Å². The monoisotopic (exact) mass is 484 g/mol. The summed E-state index contributed by atoms with van der Waals surface area (Å²) in [5.41, 5.74) is 3.66. The highest BCUT2D eigenvalue weighted by Gasteiger charge is 2.22. The fourth-order valence-electron chi connectivity index (χ4n) is 3.75. The van der Waals surface area contributed by atoms with Crippen LogP contribution in [-0.4, -0.2) is 40.6 Å². The highest BCUT2D eigenvalue weighted by molar-refractivity contribution is 7.16. The molecule has 1 aromatic heterocycles. The third-order valence-corrected chi connectivity index (χ3v) is 6.95. The number of carboxylic acid groups (broad SMARTS) is 1. The van der Waals surface area contributed by atoms with Gasteiger partial charge in [0.15, 0.2) is 0 Å². The number of carbonyl (C=O) groups is 1. The van der Waals surface area contributed by atoms with Crippen molar-refractivity contribution in [1.82, 2.24) is 0 Å². The van der Waals surface area contributed by atoms with Crippen molar-refractivity contribution in [3.8, 4) is 27.3 Å². The van der Waals surface area contributed by atoms with Crippen LogP contribution in [0.2, 0.25) is 0 Å². The first-order valence-corrected chi connectivity index (χ1v) is 11.8. The Hall–Kier alpha value is -3.00. The number of benzene rings is 2. The predicted molar refractivity (Wildman–Crippen MR) is 134 cm³/mol. The lowest BCUT2D eigenvalue weighted by Gasteiger charge is -2.12. The molecular weight excluding hydrogens is 455 g/mol. The molecule has 0 aliphatic rings. The van der Waals surface area contributed by atoms with Crippen LogP contribution in [0.15, 0.2) is 54.6 Å². The summed E-state index contributed by atoms with van der Waals surface area (Å²) >= 11 is 1.64. The Labute approximate surface area is 202 Å². The Bertz CT molecular complexity index is 1130. The summed E-state index contributed by atoms with van der Waals surface area (Å²) in [6, 6.07) is 14.1. The molecule has 0 amide bonds. The molecule has 0 spiro atoms. The van der Waals surface area contributed by atoms with Gasteiger partial charge in [0.1, 0.15) is 11.6 Å². The summed E-state index contributed by atoms with van der Waals surface area (Å²) in [5.74, 6) is -0.512. The van der Waals surface area contributed by atoms with E-state index in [0.29, 0.717) is 0 Å². The van der Waals surface area contributed by atoms with Crippen LogP contribution < -0.4 is 4.74 Å². The SMILES string of the molecule is COc1ccc(-c2sc(C(C)C)c(/C=C/[C@@H](O)C[C@@H](O)CC(=O)O)c2-c2ccc(F)cc2)cc1. The normalized spacial score (nSPS) is 13.4. The summed E-state index contributed by atoms with van der Waals surface area (Å²) in [4.78, 5) is 12.9. The van der Waals surface area contributed by atoms with Gasteiger partial charge in [0.2, 0.25) is 0 Å². The first-order valence-electron chi connectivity index (χ1n) is 11.0. The summed E-state index contributed by atoms with van der Waals surface area (Å²) in [6.07, 6.45) is 0.722. The molecule has 0 saturated carbocycles. The maximum absolute atomic E-state index is 13.7. The van der Waals surface area contributed by atoms with Crippen molar-refractivity contribution >= 4 is 23.4 Å². The second-order valence-electron chi connectivity index (χ2n) is 8.39. The molecule has 3 rings (SSSR count). The standard InChI is InChI=1S/C27H29FO5S/c1-16(2)26-23(13-10-20(29)14-21(30)15-24(31)32)25(17-4-8-19(28)9-5-17)27(34-26)18-6-11-22(33-3)12-7-18/h4-13,16,20-21,29-30H,14-15H2,1-3H3,(H,31,32)/b13-10+/t20-,21-/m1/s1. The molecule has 0 bridgehead atoms.